The van der Waals surface area contributed by atoms with E-state index in [1.54, 1.807) is 54.6 Å². The van der Waals surface area contributed by atoms with Gasteiger partial charge in [0.1, 0.15) is 24.6 Å². The lowest BCUT2D eigenvalue weighted by Gasteiger charge is -2.48. The standard InChI is InChI=1S/C35H40Cl3NO13S/c1-21(40)15-16-28(43)51-27(19-47-18-24-11-7-5-8-12-24)30(50-23(3)42)31-29(39-33(45)48-20-35(36,37)38)26(49-22(2)41)17-34(52-31,32(44)46-4)53-25-13-9-6-10-14-25/h5-14,26-27,29-31H,15-20H2,1-4H3,(H,39,45)/t26-,27+,29+,30+,31+,34-/m0/s1. The molecule has 6 atom stereocenters. The van der Waals surface area contributed by atoms with Crippen LogP contribution in [-0.4, -0.2) is 95.3 Å². The van der Waals surface area contributed by atoms with Gasteiger partial charge in [0.05, 0.1) is 32.8 Å². The second-order valence-corrected chi connectivity index (χ2v) is 15.6. The van der Waals surface area contributed by atoms with Crippen LogP contribution in [0.15, 0.2) is 65.6 Å². The summed E-state index contributed by atoms with van der Waals surface area (Å²) in [5.74, 6) is -3.78. The van der Waals surface area contributed by atoms with Gasteiger partial charge in [-0.2, -0.15) is 0 Å². The molecule has 290 valence electrons. The fraction of sp³-hybridized carbons (Fsp3) is 0.486. The molecule has 1 amide bonds. The number of ether oxygens (including phenoxy) is 7. The highest BCUT2D eigenvalue weighted by molar-refractivity contribution is 8.01. The minimum Gasteiger partial charge on any atom is -0.466 e. The van der Waals surface area contributed by atoms with Crippen LogP contribution >= 0.6 is 46.6 Å². The predicted molar refractivity (Wildman–Crippen MR) is 192 cm³/mol. The van der Waals surface area contributed by atoms with Crippen LogP contribution < -0.4 is 5.32 Å². The van der Waals surface area contributed by atoms with E-state index in [0.29, 0.717) is 4.90 Å². The number of esters is 4. The van der Waals surface area contributed by atoms with Crippen molar-refractivity contribution in [1.29, 1.82) is 0 Å². The number of nitrogens with one attached hydrogen (secondary N) is 1. The largest absolute Gasteiger partial charge is 0.466 e. The lowest BCUT2D eigenvalue weighted by molar-refractivity contribution is -0.224. The number of thioether (sulfide) groups is 1. The quantitative estimate of drug-likeness (QED) is 0.124. The van der Waals surface area contributed by atoms with Crippen LogP contribution in [0.25, 0.3) is 0 Å². The first-order valence-electron chi connectivity index (χ1n) is 16.2. The van der Waals surface area contributed by atoms with Crippen molar-refractivity contribution >= 4 is 82.3 Å². The summed E-state index contributed by atoms with van der Waals surface area (Å²) in [5, 5.41) is 2.52. The summed E-state index contributed by atoms with van der Waals surface area (Å²) in [6.45, 7) is 2.38. The van der Waals surface area contributed by atoms with Crippen molar-refractivity contribution in [3.05, 3.63) is 66.2 Å². The van der Waals surface area contributed by atoms with E-state index in [1.165, 1.54) is 6.92 Å². The highest BCUT2D eigenvalue weighted by Crippen LogP contribution is 2.46. The van der Waals surface area contributed by atoms with Crippen LogP contribution in [0.3, 0.4) is 0 Å². The van der Waals surface area contributed by atoms with Gasteiger partial charge in [0.2, 0.25) is 8.73 Å². The number of methoxy groups -OCH3 is 1. The smallest absolute Gasteiger partial charge is 0.407 e. The molecule has 1 saturated heterocycles. The van der Waals surface area contributed by atoms with Gasteiger partial charge in [-0.05, 0) is 24.6 Å². The minimum absolute atomic E-state index is 0.0255. The third-order valence-corrected chi connectivity index (χ3v) is 8.99. The van der Waals surface area contributed by atoms with Gasteiger partial charge in [-0.15, -0.1) is 0 Å². The summed E-state index contributed by atoms with van der Waals surface area (Å²) < 4.78 is 38.0. The summed E-state index contributed by atoms with van der Waals surface area (Å²) in [4.78, 5) is 75.7. The fourth-order valence-corrected chi connectivity index (χ4v) is 6.64. The van der Waals surface area contributed by atoms with Crippen molar-refractivity contribution < 1.29 is 61.9 Å². The molecule has 14 nitrogen and oxygen atoms in total. The van der Waals surface area contributed by atoms with E-state index in [4.69, 9.17) is 68.0 Å². The molecular weight excluding hydrogens is 781 g/mol. The van der Waals surface area contributed by atoms with Crippen LogP contribution in [-0.2, 0) is 63.7 Å². The number of amides is 1. The van der Waals surface area contributed by atoms with Gasteiger partial charge < -0.3 is 43.3 Å². The molecule has 0 radical (unpaired) electrons. The van der Waals surface area contributed by atoms with E-state index in [0.717, 1.165) is 38.3 Å². The third kappa shape index (κ3) is 14.6. The summed E-state index contributed by atoms with van der Waals surface area (Å²) in [5.41, 5.74) is 0.752. The molecule has 1 aliphatic rings. The number of ketones is 1. The second kappa shape index (κ2) is 20.7. The number of rotatable bonds is 17. The fourth-order valence-electron chi connectivity index (χ4n) is 5.23. The normalized spacial score (nSPS) is 20.9. The molecule has 53 heavy (non-hydrogen) atoms. The van der Waals surface area contributed by atoms with Crippen LogP contribution in [0.1, 0.15) is 45.6 Å². The molecule has 0 aliphatic carbocycles. The van der Waals surface area contributed by atoms with E-state index in [2.05, 4.69) is 5.32 Å². The number of alkyl halides is 3. The predicted octanol–water partition coefficient (Wildman–Crippen LogP) is 5.26. The molecule has 2 aromatic rings. The molecule has 1 aliphatic heterocycles. The Morgan fingerprint density at radius 3 is 2.13 bits per heavy atom. The Labute approximate surface area is 325 Å². The van der Waals surface area contributed by atoms with Crippen LogP contribution in [0.2, 0.25) is 0 Å². The average Bonchev–Trinajstić information content (AvgIpc) is 3.09. The summed E-state index contributed by atoms with van der Waals surface area (Å²) >= 11 is 18.3. The highest BCUT2D eigenvalue weighted by Gasteiger charge is 2.59. The Morgan fingerprint density at radius 1 is 0.925 bits per heavy atom. The maximum atomic E-state index is 13.8. The number of hydrogen-bond acceptors (Lipinski definition) is 14. The lowest BCUT2D eigenvalue weighted by atomic mass is 9.89. The number of alkyl carbamates (subject to hydrolysis) is 1. The summed E-state index contributed by atoms with van der Waals surface area (Å²) in [6, 6.07) is 16.1. The van der Waals surface area contributed by atoms with Crippen LogP contribution in [0, 0.1) is 0 Å². The molecule has 2 aromatic carbocycles. The maximum Gasteiger partial charge on any atom is 0.407 e. The van der Waals surface area contributed by atoms with Gasteiger partial charge in [-0.25, -0.2) is 9.59 Å². The van der Waals surface area contributed by atoms with Crippen molar-refractivity contribution in [2.75, 3.05) is 20.3 Å². The first-order valence-corrected chi connectivity index (χ1v) is 18.1. The number of carbonyl (C=O) groups is 6. The Bertz CT molecular complexity index is 1560. The topological polar surface area (TPSA) is 179 Å². The molecule has 0 saturated carbocycles. The van der Waals surface area contributed by atoms with Crippen molar-refractivity contribution in [2.24, 2.45) is 0 Å². The van der Waals surface area contributed by atoms with Crippen molar-refractivity contribution in [2.45, 2.75) is 90.7 Å². The van der Waals surface area contributed by atoms with Gasteiger partial charge >= 0.3 is 30.0 Å². The second-order valence-electron chi connectivity index (χ2n) is 11.8. The molecule has 1 fully saturated rings. The number of benzene rings is 2. The van der Waals surface area contributed by atoms with E-state index in [9.17, 15) is 28.8 Å². The molecule has 3 rings (SSSR count). The Balaban J connectivity index is 2.19. The molecule has 1 N–H and O–H groups in total. The van der Waals surface area contributed by atoms with E-state index >= 15 is 0 Å². The van der Waals surface area contributed by atoms with Gasteiger partial charge in [0.15, 0.2) is 12.2 Å². The average molecular weight is 821 g/mol. The van der Waals surface area contributed by atoms with Crippen molar-refractivity contribution in [3.8, 4) is 0 Å². The molecule has 0 bridgehead atoms. The van der Waals surface area contributed by atoms with E-state index in [-0.39, 0.29) is 25.2 Å². The van der Waals surface area contributed by atoms with Crippen LogP contribution in [0.4, 0.5) is 4.79 Å². The Kier molecular flexibility index (Phi) is 17.1. The first kappa shape index (κ1) is 43.8. The zero-order valence-corrected chi connectivity index (χ0v) is 32.3. The molecule has 0 spiro atoms. The van der Waals surface area contributed by atoms with Gasteiger partial charge in [-0.1, -0.05) is 95.1 Å². The Morgan fingerprint density at radius 2 is 1.57 bits per heavy atom. The van der Waals surface area contributed by atoms with Crippen LogP contribution in [0.5, 0.6) is 0 Å². The monoisotopic (exact) mass is 819 g/mol. The molecule has 0 aromatic heterocycles. The highest BCUT2D eigenvalue weighted by atomic mass is 35.6. The minimum atomic E-state index is -2.02. The first-order chi connectivity index (χ1) is 25.0. The lowest BCUT2D eigenvalue weighted by Crippen LogP contribution is -2.68. The van der Waals surface area contributed by atoms with Crippen molar-refractivity contribution in [1.82, 2.24) is 5.32 Å². The Hall–Kier alpha value is -3.60. The number of Topliss-reactive ketones (excluding diaryl/α,β-unsaturated/α-hetero) is 1. The van der Waals surface area contributed by atoms with Gasteiger partial charge in [-0.3, -0.25) is 14.4 Å². The maximum absolute atomic E-state index is 13.8. The zero-order chi connectivity index (χ0) is 39.2. The molecule has 0 unspecified atom stereocenters. The van der Waals surface area contributed by atoms with Gasteiger partial charge in [0.25, 0.3) is 0 Å². The molecule has 18 heteroatoms. The van der Waals surface area contributed by atoms with Gasteiger partial charge in [0, 0.05) is 31.6 Å². The zero-order valence-electron chi connectivity index (χ0n) is 29.3. The summed E-state index contributed by atoms with van der Waals surface area (Å²) in [6.07, 6.45) is -8.32. The third-order valence-electron chi connectivity index (χ3n) is 7.39. The van der Waals surface area contributed by atoms with Crippen molar-refractivity contribution in [3.63, 3.8) is 0 Å². The molecule has 1 heterocycles. The number of hydrogen-bond donors (Lipinski definition) is 1. The summed E-state index contributed by atoms with van der Waals surface area (Å²) in [7, 11) is 1.12. The van der Waals surface area contributed by atoms with E-state index < -0.39 is 88.8 Å². The number of halogens is 3. The van der Waals surface area contributed by atoms with E-state index in [1.807, 2.05) is 6.07 Å². The SMILES string of the molecule is COC(=O)[C@@]1(Sc2ccccc2)C[C@H](OC(C)=O)[C@@H](NC(=O)OCC(Cl)(Cl)Cl)[C@H]([C@H](OC(C)=O)[C@@H](COCc2ccccc2)OC(=O)CCC(C)=O)O1. The molecular formula is C35H40Cl3NO13S. The number of carbonyl (C=O) groups excluding carboxylic acids is 6.